The minimum absolute atomic E-state index is 0.158. The van der Waals surface area contributed by atoms with Crippen LogP contribution < -0.4 is 10.4 Å². The molecule has 0 spiro atoms. The quantitative estimate of drug-likeness (QED) is 0.373. The number of fused-ring (bicyclic) bond motifs is 1. The van der Waals surface area contributed by atoms with Crippen molar-refractivity contribution in [3.63, 3.8) is 0 Å². The molecule has 0 radical (unpaired) electrons. The van der Waals surface area contributed by atoms with Crippen LogP contribution in [0.4, 0.5) is 11.4 Å². The van der Waals surface area contributed by atoms with Gasteiger partial charge in [0.05, 0.1) is 5.69 Å². The smallest absolute Gasteiger partial charge is 0.160 e. The predicted octanol–water partition coefficient (Wildman–Crippen LogP) is 7.45. The number of halogens is 1. The fraction of sp³-hybridized carbons (Fsp3) is 0.308. The van der Waals surface area contributed by atoms with Crippen molar-refractivity contribution in [2.24, 2.45) is 4.74 Å². The summed E-state index contributed by atoms with van der Waals surface area (Å²) in [5.41, 5.74) is 6.38. The van der Waals surface area contributed by atoms with Gasteiger partial charge in [0, 0.05) is 28.9 Å². The summed E-state index contributed by atoms with van der Waals surface area (Å²) in [6.07, 6.45) is 0. The minimum atomic E-state index is -2.42. The lowest BCUT2D eigenvalue weighted by molar-refractivity contribution is 0.557. The minimum Gasteiger partial charge on any atom is -0.459 e. The zero-order chi connectivity index (χ0) is 23.3. The number of hydrogen-bond donors (Lipinski definition) is 0. The van der Waals surface area contributed by atoms with E-state index in [0.29, 0.717) is 0 Å². The maximum atomic E-state index is 6.46. The highest BCUT2D eigenvalue weighted by atomic mass is 35.5. The number of allylic oxidation sites excluding steroid dienone is 1. The molecule has 0 amide bonds. The fourth-order valence-corrected chi connectivity index (χ4v) is 7.51. The topological polar surface area (TPSA) is 32.0 Å². The Balaban J connectivity index is 2.03. The van der Waals surface area contributed by atoms with Crippen LogP contribution >= 0.6 is 18.8 Å². The van der Waals surface area contributed by atoms with Crippen molar-refractivity contribution in [2.45, 2.75) is 33.1 Å². The number of para-hydroxylation sites is 1. The average Bonchev–Trinajstić information content (AvgIpc) is 3.26. The summed E-state index contributed by atoms with van der Waals surface area (Å²) < 4.78 is 13.8. The van der Waals surface area contributed by atoms with Crippen molar-refractivity contribution in [3.8, 4) is 0 Å². The van der Waals surface area contributed by atoms with Crippen molar-refractivity contribution in [1.29, 1.82) is 0 Å². The molecule has 1 aliphatic heterocycles. The first-order valence-corrected chi connectivity index (χ1v) is 12.9. The van der Waals surface area contributed by atoms with Crippen molar-refractivity contribution in [2.75, 3.05) is 26.0 Å². The van der Waals surface area contributed by atoms with Gasteiger partial charge in [-0.2, -0.15) is 0 Å². The molecule has 0 aliphatic carbocycles. The molecular weight excluding hydrogens is 437 g/mol. The van der Waals surface area contributed by atoms with Gasteiger partial charge in [-0.1, -0.05) is 49.7 Å². The second-order valence-corrected chi connectivity index (χ2v) is 12.5. The third kappa shape index (κ3) is 3.75. The molecule has 0 fully saturated rings. The van der Waals surface area contributed by atoms with Crippen LogP contribution in [0, 0.1) is 13.8 Å². The van der Waals surface area contributed by atoms with E-state index >= 15 is 0 Å². The summed E-state index contributed by atoms with van der Waals surface area (Å²) in [5, 5.41) is 0.720. The number of hydrogen-bond acceptors (Lipinski definition) is 3. The zero-order valence-electron chi connectivity index (χ0n) is 19.8. The Labute approximate surface area is 196 Å². The van der Waals surface area contributed by atoms with Crippen LogP contribution in [-0.4, -0.2) is 25.8 Å². The number of furan rings is 1. The van der Waals surface area contributed by atoms with E-state index in [0.717, 1.165) is 27.5 Å². The van der Waals surface area contributed by atoms with Crippen LogP contribution in [0.1, 0.15) is 30.7 Å². The van der Waals surface area contributed by atoms with Crippen molar-refractivity contribution < 1.29 is 4.42 Å². The lowest BCUT2D eigenvalue weighted by Crippen LogP contribution is -2.25. The summed E-state index contributed by atoms with van der Waals surface area (Å²) >= 11 is 6.46. The molecule has 3 aromatic rings. The van der Waals surface area contributed by atoms with E-state index in [-0.39, 0.29) is 5.41 Å². The molecule has 0 saturated carbocycles. The second kappa shape index (κ2) is 8.26. The molecule has 0 bridgehead atoms. The molecule has 32 heavy (non-hydrogen) atoms. The van der Waals surface area contributed by atoms with Gasteiger partial charge in [-0.05, 0) is 75.2 Å². The van der Waals surface area contributed by atoms with E-state index in [2.05, 4.69) is 80.7 Å². The van der Waals surface area contributed by atoms with E-state index < -0.39 is 7.21 Å². The van der Waals surface area contributed by atoms with Crippen molar-refractivity contribution >= 4 is 35.7 Å². The number of benzene rings is 2. The molecule has 1 aliphatic rings. The standard InChI is InChI=1S/C26H31ClN3OP/c1-18-12-14-20(16-22(18)27)28-32(29(5)6,25-15-13-19(2)31-25)17-24-26(3,4)21-10-8-9-11-23(21)30(24)7/h8-17H,1-7H3/b24-17+. The van der Waals surface area contributed by atoms with Gasteiger partial charge in [0.2, 0.25) is 0 Å². The molecule has 4 nitrogen and oxygen atoms in total. The molecule has 2 aromatic carbocycles. The molecular formula is C26H31ClN3OP. The van der Waals surface area contributed by atoms with Crippen LogP contribution in [0.15, 0.2) is 75.3 Å². The Morgan fingerprint density at radius 3 is 2.38 bits per heavy atom. The molecule has 168 valence electrons. The third-order valence-corrected chi connectivity index (χ3v) is 9.98. The summed E-state index contributed by atoms with van der Waals surface area (Å²) in [4.78, 5) is 2.29. The highest BCUT2D eigenvalue weighted by Gasteiger charge is 2.41. The maximum Gasteiger partial charge on any atom is 0.160 e. The maximum absolute atomic E-state index is 6.46. The molecule has 1 unspecified atom stereocenters. The second-order valence-electron chi connectivity index (χ2n) is 9.13. The van der Waals surface area contributed by atoms with Crippen LogP contribution in [-0.2, 0) is 5.41 Å². The number of likely N-dealkylation sites (N-methyl/N-ethyl adjacent to an activating group) is 1. The van der Waals surface area contributed by atoms with E-state index in [1.54, 1.807) is 0 Å². The van der Waals surface area contributed by atoms with E-state index in [1.807, 2.05) is 38.1 Å². The Hall–Kier alpha value is -2.26. The third-order valence-electron chi connectivity index (χ3n) is 6.33. The predicted molar refractivity (Wildman–Crippen MR) is 138 cm³/mol. The van der Waals surface area contributed by atoms with Gasteiger partial charge >= 0.3 is 0 Å². The van der Waals surface area contributed by atoms with Crippen molar-refractivity contribution in [1.82, 2.24) is 4.67 Å². The molecule has 4 rings (SSSR count). The molecule has 2 heterocycles. The van der Waals surface area contributed by atoms with Gasteiger partial charge < -0.3 is 9.32 Å². The van der Waals surface area contributed by atoms with Gasteiger partial charge in [0.25, 0.3) is 0 Å². The van der Waals surface area contributed by atoms with Gasteiger partial charge in [-0.15, -0.1) is 0 Å². The Morgan fingerprint density at radius 2 is 1.78 bits per heavy atom. The Kier molecular flexibility index (Phi) is 5.92. The number of anilines is 1. The summed E-state index contributed by atoms with van der Waals surface area (Å²) in [5.74, 6) is 3.23. The first-order valence-electron chi connectivity index (χ1n) is 10.8. The number of rotatable bonds is 4. The van der Waals surface area contributed by atoms with Crippen LogP contribution in [0.5, 0.6) is 0 Å². The molecule has 0 N–H and O–H groups in total. The lowest BCUT2D eigenvalue weighted by Gasteiger charge is -2.31. The van der Waals surface area contributed by atoms with Gasteiger partial charge in [-0.25, -0.2) is 4.74 Å². The Morgan fingerprint density at radius 1 is 1.06 bits per heavy atom. The van der Waals surface area contributed by atoms with Gasteiger partial charge in [0.1, 0.15) is 13.0 Å². The number of aryl methyl sites for hydroxylation is 2. The zero-order valence-corrected chi connectivity index (χ0v) is 21.5. The summed E-state index contributed by atoms with van der Waals surface area (Å²) in [6.45, 7) is 8.54. The molecule has 6 heteroatoms. The van der Waals surface area contributed by atoms with Gasteiger partial charge in [0.15, 0.2) is 5.50 Å². The molecule has 0 saturated heterocycles. The van der Waals surface area contributed by atoms with Crippen LogP contribution in [0.25, 0.3) is 0 Å². The van der Waals surface area contributed by atoms with E-state index in [9.17, 15) is 0 Å². The monoisotopic (exact) mass is 467 g/mol. The normalized spacial score (nSPS) is 18.2. The SMILES string of the molecule is Cc1ccc(P(/C=C2/N(C)c3ccccc3C2(C)C)(=Nc2ccc(C)c(Cl)c2)N(C)C)o1. The highest BCUT2D eigenvalue weighted by molar-refractivity contribution is 7.74. The lowest BCUT2D eigenvalue weighted by atomic mass is 9.84. The average molecular weight is 468 g/mol. The van der Waals surface area contributed by atoms with Gasteiger partial charge in [-0.3, -0.25) is 4.67 Å². The van der Waals surface area contributed by atoms with Crippen LogP contribution in [0.3, 0.4) is 0 Å². The first-order chi connectivity index (χ1) is 15.1. The highest BCUT2D eigenvalue weighted by Crippen LogP contribution is 2.59. The fourth-order valence-electron chi connectivity index (χ4n) is 4.36. The van der Waals surface area contributed by atoms with Crippen molar-refractivity contribution in [3.05, 3.63) is 88.0 Å². The number of nitrogens with zero attached hydrogens (tertiary/aromatic N) is 3. The molecule has 1 atom stereocenters. The first kappa shape index (κ1) is 22.9. The Bertz CT molecular complexity index is 1260. The van der Waals surface area contributed by atoms with E-state index in [1.165, 1.54) is 16.9 Å². The summed E-state index contributed by atoms with van der Waals surface area (Å²) in [6, 6.07) is 18.7. The summed E-state index contributed by atoms with van der Waals surface area (Å²) in [7, 11) is 3.88. The van der Waals surface area contributed by atoms with E-state index in [4.69, 9.17) is 20.8 Å². The molecule has 1 aromatic heterocycles. The largest absolute Gasteiger partial charge is 0.459 e. The van der Waals surface area contributed by atoms with Crippen LogP contribution in [0.2, 0.25) is 5.02 Å².